The molecule has 124 valence electrons. The highest BCUT2D eigenvalue weighted by atomic mass is 35.5. The minimum atomic E-state index is 0.690. The summed E-state index contributed by atoms with van der Waals surface area (Å²) in [6, 6.07) is 27.5. The van der Waals surface area contributed by atoms with Gasteiger partial charge >= 0.3 is 0 Å². The molecule has 0 saturated carbocycles. The van der Waals surface area contributed by atoms with Crippen LogP contribution in [0.4, 0.5) is 5.69 Å². The summed E-state index contributed by atoms with van der Waals surface area (Å²) < 4.78 is 0. The van der Waals surface area contributed by atoms with E-state index in [1.165, 1.54) is 0 Å². The molecule has 3 aromatic rings. The number of hydrogen-bond donors (Lipinski definition) is 1. The molecule has 3 aromatic carbocycles. The van der Waals surface area contributed by atoms with Crippen molar-refractivity contribution >= 4 is 28.7 Å². The van der Waals surface area contributed by atoms with E-state index in [1.54, 1.807) is 0 Å². The van der Waals surface area contributed by atoms with Crippen molar-refractivity contribution in [3.63, 3.8) is 0 Å². The number of aliphatic imine (C=N–C) groups is 1. The third kappa shape index (κ3) is 4.17. The second-order valence-corrected chi connectivity index (χ2v) is 6.14. The van der Waals surface area contributed by atoms with E-state index in [2.05, 4.69) is 0 Å². The maximum Gasteiger partial charge on any atom is 0.0759 e. The van der Waals surface area contributed by atoms with Crippen LogP contribution in [0.5, 0.6) is 0 Å². The molecule has 3 heteroatoms. The summed E-state index contributed by atoms with van der Waals surface area (Å²) >= 11 is 5.98. The Morgan fingerprint density at radius 1 is 0.760 bits per heavy atom. The molecule has 0 heterocycles. The molecule has 0 spiro atoms. The molecular weight excluding hydrogens is 328 g/mol. The van der Waals surface area contributed by atoms with Gasteiger partial charge in [0.25, 0.3) is 0 Å². The third-order valence-corrected chi connectivity index (χ3v) is 4.21. The molecule has 0 bridgehead atoms. The van der Waals surface area contributed by atoms with Gasteiger partial charge in [-0.05, 0) is 42.3 Å². The van der Waals surface area contributed by atoms with E-state index < -0.39 is 0 Å². The second-order valence-electron chi connectivity index (χ2n) is 5.71. The predicted octanol–water partition coefficient (Wildman–Crippen LogP) is 5.85. The van der Waals surface area contributed by atoms with E-state index in [0.717, 1.165) is 28.1 Å². The fourth-order valence-electron chi connectivity index (χ4n) is 2.57. The molecule has 0 aliphatic rings. The minimum absolute atomic E-state index is 0.690. The summed E-state index contributed by atoms with van der Waals surface area (Å²) in [6.07, 6.45) is 0. The summed E-state index contributed by atoms with van der Waals surface area (Å²) in [7, 11) is 0. The van der Waals surface area contributed by atoms with Crippen LogP contribution in [0.2, 0.25) is 5.02 Å². The molecule has 0 amide bonds. The minimum Gasteiger partial charge on any atom is -0.398 e. The van der Waals surface area contributed by atoms with Gasteiger partial charge in [-0.25, -0.2) is 4.99 Å². The summed E-state index contributed by atoms with van der Waals surface area (Å²) in [6.45, 7) is 2.00. The summed E-state index contributed by atoms with van der Waals surface area (Å²) in [5.74, 6) is 0. The van der Waals surface area contributed by atoms with Crippen LogP contribution in [-0.4, -0.2) is 5.71 Å². The van der Waals surface area contributed by atoms with Crippen molar-refractivity contribution < 1.29 is 0 Å². The van der Waals surface area contributed by atoms with E-state index >= 15 is 0 Å². The highest BCUT2D eigenvalue weighted by Crippen LogP contribution is 2.22. The summed E-state index contributed by atoms with van der Waals surface area (Å²) in [5, 5.41) is 0.690. The molecule has 2 nitrogen and oxygen atoms in total. The Hall–Kier alpha value is -2.84. The van der Waals surface area contributed by atoms with Crippen molar-refractivity contribution in [2.75, 3.05) is 0 Å². The third-order valence-electron chi connectivity index (χ3n) is 3.96. The van der Waals surface area contributed by atoms with Gasteiger partial charge < -0.3 is 5.73 Å². The highest BCUT2D eigenvalue weighted by molar-refractivity contribution is 6.30. The van der Waals surface area contributed by atoms with Gasteiger partial charge in [0.05, 0.1) is 11.4 Å². The van der Waals surface area contributed by atoms with Gasteiger partial charge in [-0.3, -0.25) is 0 Å². The first-order chi connectivity index (χ1) is 12.1. The molecular formula is C22H19ClN2. The number of nitrogens with two attached hydrogens (primary N) is 1. The number of hydrogen-bond acceptors (Lipinski definition) is 2. The van der Waals surface area contributed by atoms with Crippen molar-refractivity contribution in [1.82, 2.24) is 0 Å². The normalized spacial score (nSPS) is 12.6. The van der Waals surface area contributed by atoms with Gasteiger partial charge in [0, 0.05) is 16.3 Å². The van der Waals surface area contributed by atoms with Gasteiger partial charge in [-0.2, -0.15) is 0 Å². The Labute approximate surface area is 153 Å². The van der Waals surface area contributed by atoms with Crippen molar-refractivity contribution in [1.29, 1.82) is 0 Å². The highest BCUT2D eigenvalue weighted by Gasteiger charge is 2.11. The maximum atomic E-state index is 6.44. The van der Waals surface area contributed by atoms with Crippen LogP contribution in [0.15, 0.2) is 95.5 Å². The van der Waals surface area contributed by atoms with E-state index in [1.807, 2.05) is 91.9 Å². The van der Waals surface area contributed by atoms with Gasteiger partial charge in [0.1, 0.15) is 0 Å². The quantitative estimate of drug-likeness (QED) is 0.591. The standard InChI is InChI=1S/C22H19ClN2/c1-16(21(24)17-12-14-19(23)15-13-17)22(18-8-4-2-5-9-18)25-20-10-6-3-7-11-20/h2-15H,24H2,1H3/b21-16-,25-22?. The lowest BCUT2D eigenvalue weighted by molar-refractivity contribution is 1.41. The average Bonchev–Trinajstić information content (AvgIpc) is 2.67. The van der Waals surface area contributed by atoms with Crippen LogP contribution >= 0.6 is 11.6 Å². The molecule has 2 N–H and O–H groups in total. The number of para-hydroxylation sites is 1. The van der Waals surface area contributed by atoms with Crippen LogP contribution in [0.25, 0.3) is 5.70 Å². The summed E-state index contributed by atoms with van der Waals surface area (Å²) in [4.78, 5) is 4.85. The molecule has 0 radical (unpaired) electrons. The number of nitrogens with zero attached hydrogens (tertiary/aromatic N) is 1. The lowest BCUT2D eigenvalue weighted by atomic mass is 9.98. The lowest BCUT2D eigenvalue weighted by Crippen LogP contribution is -2.09. The number of benzene rings is 3. The molecule has 0 atom stereocenters. The van der Waals surface area contributed by atoms with E-state index in [0.29, 0.717) is 10.7 Å². The first-order valence-corrected chi connectivity index (χ1v) is 8.45. The molecule has 0 aromatic heterocycles. The smallest absolute Gasteiger partial charge is 0.0759 e. The molecule has 25 heavy (non-hydrogen) atoms. The predicted molar refractivity (Wildman–Crippen MR) is 107 cm³/mol. The van der Waals surface area contributed by atoms with Crippen LogP contribution in [0, 0.1) is 0 Å². The zero-order valence-electron chi connectivity index (χ0n) is 14.0. The van der Waals surface area contributed by atoms with Crippen LogP contribution in [0.1, 0.15) is 18.1 Å². The van der Waals surface area contributed by atoms with Gasteiger partial charge in [-0.15, -0.1) is 0 Å². The molecule has 0 fully saturated rings. The SMILES string of the molecule is C/C(C(=Nc1ccccc1)c1ccccc1)=C(/N)c1ccc(Cl)cc1. The average molecular weight is 347 g/mol. The summed E-state index contributed by atoms with van der Waals surface area (Å²) in [5.41, 5.74) is 11.8. The van der Waals surface area contributed by atoms with E-state index in [4.69, 9.17) is 22.3 Å². The first-order valence-electron chi connectivity index (χ1n) is 8.07. The zero-order chi connectivity index (χ0) is 17.6. The second kappa shape index (κ2) is 7.82. The molecule has 0 saturated heterocycles. The van der Waals surface area contributed by atoms with Gasteiger partial charge in [0.15, 0.2) is 0 Å². The number of rotatable bonds is 4. The Balaban J connectivity index is 2.12. The van der Waals surface area contributed by atoms with Crippen LogP contribution < -0.4 is 5.73 Å². The monoisotopic (exact) mass is 346 g/mol. The van der Waals surface area contributed by atoms with Crippen molar-refractivity contribution in [2.45, 2.75) is 6.92 Å². The van der Waals surface area contributed by atoms with Crippen molar-refractivity contribution in [2.24, 2.45) is 10.7 Å². The zero-order valence-corrected chi connectivity index (χ0v) is 14.7. The Bertz CT molecular complexity index is 896. The topological polar surface area (TPSA) is 38.4 Å². The van der Waals surface area contributed by atoms with E-state index in [9.17, 15) is 0 Å². The number of halogens is 1. The molecule has 0 aliphatic carbocycles. The lowest BCUT2D eigenvalue weighted by Gasteiger charge is -2.12. The fraction of sp³-hybridized carbons (Fsp3) is 0.0455. The van der Waals surface area contributed by atoms with Gasteiger partial charge in [0.2, 0.25) is 0 Å². The van der Waals surface area contributed by atoms with Crippen LogP contribution in [0.3, 0.4) is 0 Å². The fourth-order valence-corrected chi connectivity index (χ4v) is 2.69. The van der Waals surface area contributed by atoms with Crippen LogP contribution in [-0.2, 0) is 0 Å². The van der Waals surface area contributed by atoms with Crippen molar-refractivity contribution in [3.8, 4) is 0 Å². The Morgan fingerprint density at radius 3 is 1.92 bits per heavy atom. The molecule has 0 aliphatic heterocycles. The van der Waals surface area contributed by atoms with E-state index in [-0.39, 0.29) is 0 Å². The Morgan fingerprint density at radius 2 is 1.32 bits per heavy atom. The van der Waals surface area contributed by atoms with Crippen molar-refractivity contribution in [3.05, 3.63) is 107 Å². The molecule has 3 rings (SSSR count). The van der Waals surface area contributed by atoms with Gasteiger partial charge in [-0.1, -0.05) is 72.3 Å². The number of allylic oxidation sites excluding steroid dienone is 1. The maximum absolute atomic E-state index is 6.44. The largest absolute Gasteiger partial charge is 0.398 e. The first kappa shape index (κ1) is 17.0. The molecule has 0 unspecified atom stereocenters. The Kier molecular flexibility index (Phi) is 5.32.